The van der Waals surface area contributed by atoms with Gasteiger partial charge >= 0.3 is 0 Å². The maximum atomic E-state index is 12.3. The number of aromatic amines is 1. The SMILES string of the molecule is O=C(c1cc(C2CC2)[nH]n1)N1CC(Oc2ccc([N+](=O)[O-])cc2)C1. The van der Waals surface area contributed by atoms with Crippen LogP contribution in [0.3, 0.4) is 0 Å². The molecule has 1 amide bonds. The summed E-state index contributed by atoms with van der Waals surface area (Å²) in [5, 5.41) is 17.6. The summed E-state index contributed by atoms with van der Waals surface area (Å²) in [6.45, 7) is 0.975. The van der Waals surface area contributed by atoms with Crippen LogP contribution in [-0.4, -0.2) is 45.1 Å². The zero-order valence-electron chi connectivity index (χ0n) is 12.8. The zero-order valence-corrected chi connectivity index (χ0v) is 12.8. The fourth-order valence-electron chi connectivity index (χ4n) is 2.73. The quantitative estimate of drug-likeness (QED) is 0.669. The maximum Gasteiger partial charge on any atom is 0.274 e. The van der Waals surface area contributed by atoms with Crippen LogP contribution in [0.15, 0.2) is 30.3 Å². The van der Waals surface area contributed by atoms with Crippen LogP contribution in [0.5, 0.6) is 5.75 Å². The average Bonchev–Trinajstić information content (AvgIpc) is 3.27. The lowest BCUT2D eigenvalue weighted by Crippen LogP contribution is -2.56. The molecule has 8 heteroatoms. The highest BCUT2D eigenvalue weighted by Gasteiger charge is 2.35. The Bertz CT molecular complexity index is 776. The molecule has 1 aromatic carbocycles. The van der Waals surface area contributed by atoms with E-state index in [9.17, 15) is 14.9 Å². The van der Waals surface area contributed by atoms with Gasteiger partial charge in [-0.1, -0.05) is 0 Å². The molecule has 124 valence electrons. The number of carbonyl (C=O) groups is 1. The first kappa shape index (κ1) is 14.7. The van der Waals surface area contributed by atoms with Crippen molar-refractivity contribution >= 4 is 11.6 Å². The predicted octanol–water partition coefficient (Wildman–Crippen LogP) is 2.10. The number of nitrogens with zero attached hydrogens (tertiary/aromatic N) is 3. The minimum atomic E-state index is -0.451. The molecule has 24 heavy (non-hydrogen) atoms. The third-order valence-corrected chi connectivity index (χ3v) is 4.32. The minimum absolute atomic E-state index is 0.0257. The molecule has 2 heterocycles. The highest BCUT2D eigenvalue weighted by atomic mass is 16.6. The van der Waals surface area contributed by atoms with Gasteiger partial charge in [0.1, 0.15) is 17.5 Å². The van der Waals surface area contributed by atoms with Crippen LogP contribution in [0.2, 0.25) is 0 Å². The number of ether oxygens (including phenoxy) is 1. The first-order valence-electron chi connectivity index (χ1n) is 7.86. The Morgan fingerprint density at radius 3 is 2.62 bits per heavy atom. The first-order valence-corrected chi connectivity index (χ1v) is 7.86. The summed E-state index contributed by atoms with van der Waals surface area (Å²) in [7, 11) is 0. The Morgan fingerprint density at radius 1 is 1.29 bits per heavy atom. The van der Waals surface area contributed by atoms with Crippen molar-refractivity contribution < 1.29 is 14.5 Å². The molecule has 0 atom stereocenters. The third kappa shape index (κ3) is 2.82. The molecular formula is C16H16N4O4. The van der Waals surface area contributed by atoms with Crippen molar-refractivity contribution in [2.45, 2.75) is 24.9 Å². The second kappa shape index (κ2) is 5.63. The van der Waals surface area contributed by atoms with E-state index in [0.717, 1.165) is 18.5 Å². The van der Waals surface area contributed by atoms with Gasteiger partial charge in [0.05, 0.1) is 18.0 Å². The minimum Gasteiger partial charge on any atom is -0.487 e. The fraction of sp³-hybridized carbons (Fsp3) is 0.375. The number of nitrogens with one attached hydrogen (secondary N) is 1. The lowest BCUT2D eigenvalue weighted by molar-refractivity contribution is -0.384. The van der Waals surface area contributed by atoms with Crippen LogP contribution in [0.4, 0.5) is 5.69 Å². The Labute approximate surface area is 137 Å². The summed E-state index contributed by atoms with van der Waals surface area (Å²) in [5.41, 5.74) is 1.51. The van der Waals surface area contributed by atoms with Gasteiger partial charge in [-0.2, -0.15) is 5.10 Å². The number of non-ortho nitro benzene ring substituents is 1. The Hall–Kier alpha value is -2.90. The van der Waals surface area contributed by atoms with Crippen molar-refractivity contribution in [2.75, 3.05) is 13.1 Å². The number of benzene rings is 1. The Balaban J connectivity index is 1.30. The van der Waals surface area contributed by atoms with E-state index in [1.165, 1.54) is 12.1 Å². The second-order valence-corrected chi connectivity index (χ2v) is 6.18. The molecule has 1 aliphatic heterocycles. The van der Waals surface area contributed by atoms with Gasteiger partial charge < -0.3 is 9.64 Å². The van der Waals surface area contributed by atoms with Gasteiger partial charge in [0.15, 0.2) is 0 Å². The lowest BCUT2D eigenvalue weighted by atomic mass is 10.1. The van der Waals surface area contributed by atoms with Crippen molar-refractivity contribution in [2.24, 2.45) is 0 Å². The number of nitro benzene ring substituents is 1. The molecule has 2 aromatic rings. The van der Waals surface area contributed by atoms with Crippen molar-refractivity contribution in [3.05, 3.63) is 51.8 Å². The summed E-state index contributed by atoms with van der Waals surface area (Å²) >= 11 is 0. The molecule has 0 unspecified atom stereocenters. The predicted molar refractivity (Wildman–Crippen MR) is 84.0 cm³/mol. The second-order valence-electron chi connectivity index (χ2n) is 6.18. The van der Waals surface area contributed by atoms with Gasteiger partial charge in [0.2, 0.25) is 0 Å². The highest BCUT2D eigenvalue weighted by molar-refractivity contribution is 5.93. The largest absolute Gasteiger partial charge is 0.487 e. The molecule has 4 rings (SSSR count). The molecule has 8 nitrogen and oxygen atoms in total. The highest BCUT2D eigenvalue weighted by Crippen LogP contribution is 2.39. The molecule has 2 fully saturated rings. The number of hydrogen-bond donors (Lipinski definition) is 1. The molecule has 1 aromatic heterocycles. The van der Waals surface area contributed by atoms with Crippen molar-refractivity contribution in [1.29, 1.82) is 0 Å². The van der Waals surface area contributed by atoms with Crippen LogP contribution in [0, 0.1) is 10.1 Å². The number of H-pyrrole nitrogens is 1. The molecule has 0 spiro atoms. The van der Waals surface area contributed by atoms with Crippen LogP contribution < -0.4 is 4.74 Å². The van der Waals surface area contributed by atoms with Crippen LogP contribution in [-0.2, 0) is 0 Å². The van der Waals surface area contributed by atoms with Gasteiger partial charge in [-0.15, -0.1) is 0 Å². The number of nitro groups is 1. The van der Waals surface area contributed by atoms with E-state index in [1.54, 1.807) is 17.0 Å². The number of amides is 1. The van der Waals surface area contributed by atoms with Gasteiger partial charge in [0, 0.05) is 23.7 Å². The standard InChI is InChI=1S/C16H16N4O4/c21-16(15-7-14(17-18-15)10-1-2-10)19-8-13(9-19)24-12-5-3-11(4-6-12)20(22)23/h3-7,10,13H,1-2,8-9H2,(H,17,18). The van der Waals surface area contributed by atoms with Crippen LogP contribution >= 0.6 is 0 Å². The Kier molecular flexibility index (Phi) is 3.44. The van der Waals surface area contributed by atoms with E-state index in [2.05, 4.69) is 10.2 Å². The summed E-state index contributed by atoms with van der Waals surface area (Å²) in [6, 6.07) is 7.78. The van der Waals surface area contributed by atoms with E-state index in [0.29, 0.717) is 30.5 Å². The van der Waals surface area contributed by atoms with Gasteiger partial charge in [-0.3, -0.25) is 20.0 Å². The molecular weight excluding hydrogens is 312 g/mol. The topological polar surface area (TPSA) is 101 Å². The van der Waals surface area contributed by atoms with Crippen LogP contribution in [0.1, 0.15) is 34.9 Å². The normalized spacial score (nSPS) is 17.4. The molecule has 2 aliphatic rings. The lowest BCUT2D eigenvalue weighted by Gasteiger charge is -2.38. The smallest absolute Gasteiger partial charge is 0.274 e. The van der Waals surface area contributed by atoms with E-state index < -0.39 is 4.92 Å². The van der Waals surface area contributed by atoms with Crippen molar-refractivity contribution in [3.8, 4) is 5.75 Å². The number of hydrogen-bond acceptors (Lipinski definition) is 5. The summed E-state index contributed by atoms with van der Waals surface area (Å²) < 4.78 is 5.71. The van der Waals surface area contributed by atoms with E-state index >= 15 is 0 Å². The first-order chi connectivity index (χ1) is 11.6. The van der Waals surface area contributed by atoms with E-state index in [1.807, 2.05) is 6.07 Å². The molecule has 1 saturated heterocycles. The number of rotatable bonds is 5. The summed E-state index contributed by atoms with van der Waals surface area (Å²) in [4.78, 5) is 24.2. The van der Waals surface area contributed by atoms with E-state index in [-0.39, 0.29) is 17.7 Å². The maximum absolute atomic E-state index is 12.3. The monoisotopic (exact) mass is 328 g/mol. The molecule has 1 N–H and O–H groups in total. The molecule has 0 radical (unpaired) electrons. The number of likely N-dealkylation sites (tertiary alicyclic amines) is 1. The van der Waals surface area contributed by atoms with Gasteiger partial charge in [0.25, 0.3) is 11.6 Å². The molecule has 1 saturated carbocycles. The number of carbonyl (C=O) groups excluding carboxylic acids is 1. The summed E-state index contributed by atoms with van der Waals surface area (Å²) in [5.74, 6) is 1.00. The third-order valence-electron chi connectivity index (χ3n) is 4.32. The van der Waals surface area contributed by atoms with Gasteiger partial charge in [-0.25, -0.2) is 0 Å². The van der Waals surface area contributed by atoms with Gasteiger partial charge in [-0.05, 0) is 31.0 Å². The van der Waals surface area contributed by atoms with E-state index in [4.69, 9.17) is 4.74 Å². The Morgan fingerprint density at radius 2 is 2.00 bits per heavy atom. The van der Waals surface area contributed by atoms with Crippen LogP contribution in [0.25, 0.3) is 0 Å². The zero-order chi connectivity index (χ0) is 16.7. The molecule has 0 bridgehead atoms. The fourth-order valence-corrected chi connectivity index (χ4v) is 2.73. The summed E-state index contributed by atoms with van der Waals surface area (Å²) in [6.07, 6.45) is 2.22. The molecule has 1 aliphatic carbocycles. The average molecular weight is 328 g/mol. The van der Waals surface area contributed by atoms with Crippen molar-refractivity contribution in [3.63, 3.8) is 0 Å². The van der Waals surface area contributed by atoms with Crippen molar-refractivity contribution in [1.82, 2.24) is 15.1 Å². The number of aromatic nitrogens is 2.